The third-order valence-electron chi connectivity index (χ3n) is 5.59. The molecule has 1 atom stereocenters. The van der Waals surface area contributed by atoms with E-state index in [4.69, 9.17) is 14.0 Å². The molecule has 1 fully saturated rings. The number of fused-ring (bicyclic) bond motifs is 1. The first-order valence-corrected chi connectivity index (χ1v) is 10.1. The van der Waals surface area contributed by atoms with Crippen LogP contribution in [0.1, 0.15) is 35.9 Å². The smallest absolute Gasteiger partial charge is 0.416 e. The van der Waals surface area contributed by atoms with Gasteiger partial charge in [-0.05, 0) is 49.2 Å². The molecule has 31 heavy (non-hydrogen) atoms. The Morgan fingerprint density at radius 1 is 1.00 bits per heavy atom. The number of halogens is 3. The number of hydrogen-bond acceptors (Lipinski definition) is 6. The molecule has 162 valence electrons. The minimum atomic E-state index is -4.38. The van der Waals surface area contributed by atoms with Crippen LogP contribution < -0.4 is 9.47 Å². The third-order valence-corrected chi connectivity index (χ3v) is 5.59. The fourth-order valence-corrected chi connectivity index (χ4v) is 4.08. The Balaban J connectivity index is 1.30. The molecule has 0 N–H and O–H groups in total. The van der Waals surface area contributed by atoms with Crippen molar-refractivity contribution in [2.75, 3.05) is 19.8 Å². The minimum absolute atomic E-state index is 0.192. The van der Waals surface area contributed by atoms with Crippen LogP contribution in [-0.4, -0.2) is 34.8 Å². The van der Waals surface area contributed by atoms with E-state index in [1.807, 2.05) is 12.1 Å². The average Bonchev–Trinajstić information content (AvgIpc) is 3.43. The Morgan fingerprint density at radius 3 is 2.55 bits per heavy atom. The Morgan fingerprint density at radius 2 is 1.77 bits per heavy atom. The summed E-state index contributed by atoms with van der Waals surface area (Å²) in [5, 5.41) is 3.95. The SMILES string of the molecule is FC(F)(F)c1ccc(-c2noc(CN3CCCC3c3ccc4c(c3)OCCO4)n2)cc1. The number of likely N-dealkylation sites (tertiary alicyclic amines) is 1. The molecular formula is C22H20F3N3O3. The lowest BCUT2D eigenvalue weighted by atomic mass is 10.0. The number of aromatic nitrogens is 2. The molecule has 0 amide bonds. The van der Waals surface area contributed by atoms with Gasteiger partial charge in [0.1, 0.15) is 13.2 Å². The molecule has 2 aliphatic rings. The zero-order valence-electron chi connectivity index (χ0n) is 16.6. The summed E-state index contributed by atoms with van der Waals surface area (Å²) >= 11 is 0. The molecule has 5 rings (SSSR count). The number of nitrogens with zero attached hydrogens (tertiary/aromatic N) is 3. The number of alkyl halides is 3. The predicted molar refractivity (Wildman–Crippen MR) is 105 cm³/mol. The van der Waals surface area contributed by atoms with Crippen LogP contribution in [0.15, 0.2) is 47.0 Å². The van der Waals surface area contributed by atoms with Crippen LogP contribution >= 0.6 is 0 Å². The van der Waals surface area contributed by atoms with Gasteiger partial charge in [-0.3, -0.25) is 4.90 Å². The van der Waals surface area contributed by atoms with E-state index in [0.29, 0.717) is 31.2 Å². The van der Waals surface area contributed by atoms with E-state index >= 15 is 0 Å². The monoisotopic (exact) mass is 431 g/mol. The first-order valence-electron chi connectivity index (χ1n) is 10.1. The second-order valence-electron chi connectivity index (χ2n) is 7.62. The van der Waals surface area contributed by atoms with Gasteiger partial charge in [-0.25, -0.2) is 0 Å². The van der Waals surface area contributed by atoms with Gasteiger partial charge in [0, 0.05) is 11.6 Å². The maximum Gasteiger partial charge on any atom is 0.416 e. The van der Waals surface area contributed by atoms with Crippen molar-refractivity contribution < 1.29 is 27.2 Å². The second-order valence-corrected chi connectivity index (χ2v) is 7.62. The summed E-state index contributed by atoms with van der Waals surface area (Å²) in [6, 6.07) is 11.0. The van der Waals surface area contributed by atoms with Gasteiger partial charge in [-0.2, -0.15) is 18.2 Å². The van der Waals surface area contributed by atoms with Crippen molar-refractivity contribution in [2.24, 2.45) is 0 Å². The molecule has 3 heterocycles. The molecule has 6 nitrogen and oxygen atoms in total. The van der Waals surface area contributed by atoms with Gasteiger partial charge < -0.3 is 14.0 Å². The van der Waals surface area contributed by atoms with Gasteiger partial charge in [0.25, 0.3) is 0 Å². The molecule has 1 saturated heterocycles. The molecule has 0 saturated carbocycles. The molecule has 0 radical (unpaired) electrons. The lowest BCUT2D eigenvalue weighted by Crippen LogP contribution is -2.23. The van der Waals surface area contributed by atoms with Crippen molar-refractivity contribution in [2.45, 2.75) is 31.6 Å². The van der Waals surface area contributed by atoms with Crippen LogP contribution in [0.5, 0.6) is 11.5 Å². The van der Waals surface area contributed by atoms with Gasteiger partial charge in [-0.15, -0.1) is 0 Å². The quantitative estimate of drug-likeness (QED) is 0.588. The maximum absolute atomic E-state index is 12.8. The Labute approximate surface area is 176 Å². The summed E-state index contributed by atoms with van der Waals surface area (Å²) in [5.41, 5.74) is 0.913. The van der Waals surface area contributed by atoms with Crippen LogP contribution in [0.25, 0.3) is 11.4 Å². The van der Waals surface area contributed by atoms with Crippen LogP contribution in [0, 0.1) is 0 Å². The van der Waals surface area contributed by atoms with Gasteiger partial charge in [0.05, 0.1) is 12.1 Å². The Kier molecular flexibility index (Phi) is 5.05. The standard InChI is InChI=1S/C22H20F3N3O3/c23-22(24,25)16-6-3-14(4-7-16)21-26-20(31-27-21)13-28-9-1-2-17(28)15-5-8-18-19(12-15)30-11-10-29-18/h3-8,12,17H,1-2,9-11,13H2. The van der Waals surface area contributed by atoms with E-state index in [1.165, 1.54) is 12.1 Å². The summed E-state index contributed by atoms with van der Waals surface area (Å²) in [6.07, 6.45) is -2.34. The molecule has 9 heteroatoms. The lowest BCUT2D eigenvalue weighted by molar-refractivity contribution is -0.137. The van der Waals surface area contributed by atoms with Gasteiger partial charge >= 0.3 is 6.18 Å². The summed E-state index contributed by atoms with van der Waals surface area (Å²) < 4.78 is 54.9. The highest BCUT2D eigenvalue weighted by Crippen LogP contribution is 2.38. The first kappa shape index (κ1) is 19.9. The average molecular weight is 431 g/mol. The van der Waals surface area contributed by atoms with Gasteiger partial charge in [-0.1, -0.05) is 23.4 Å². The van der Waals surface area contributed by atoms with Crippen molar-refractivity contribution in [1.29, 1.82) is 0 Å². The molecule has 1 unspecified atom stereocenters. The number of hydrogen-bond donors (Lipinski definition) is 0. The van der Waals surface area contributed by atoms with E-state index in [2.05, 4.69) is 21.1 Å². The maximum atomic E-state index is 12.8. The van der Waals surface area contributed by atoms with Crippen LogP contribution in [-0.2, 0) is 12.7 Å². The summed E-state index contributed by atoms with van der Waals surface area (Å²) in [6.45, 7) is 2.45. The largest absolute Gasteiger partial charge is 0.486 e. The number of rotatable bonds is 4. The van der Waals surface area contributed by atoms with E-state index in [1.54, 1.807) is 0 Å². The van der Waals surface area contributed by atoms with Crippen molar-refractivity contribution in [3.05, 3.63) is 59.5 Å². The van der Waals surface area contributed by atoms with E-state index in [0.717, 1.165) is 48.6 Å². The summed E-state index contributed by atoms with van der Waals surface area (Å²) in [4.78, 5) is 6.65. The number of benzene rings is 2. The van der Waals surface area contributed by atoms with Crippen LogP contribution in [0.3, 0.4) is 0 Å². The van der Waals surface area contributed by atoms with Gasteiger partial charge in [0.2, 0.25) is 11.7 Å². The highest BCUT2D eigenvalue weighted by atomic mass is 19.4. The molecule has 2 aliphatic heterocycles. The highest BCUT2D eigenvalue weighted by Gasteiger charge is 2.31. The Bertz CT molecular complexity index is 1070. The molecule has 2 aromatic carbocycles. The fourth-order valence-electron chi connectivity index (χ4n) is 4.08. The van der Waals surface area contributed by atoms with Crippen molar-refractivity contribution in [1.82, 2.24) is 15.0 Å². The molecule has 0 aliphatic carbocycles. The Hall–Kier alpha value is -3.07. The molecule has 0 spiro atoms. The van der Waals surface area contributed by atoms with Gasteiger partial charge in [0.15, 0.2) is 11.5 Å². The van der Waals surface area contributed by atoms with E-state index < -0.39 is 11.7 Å². The number of ether oxygens (including phenoxy) is 2. The highest BCUT2D eigenvalue weighted by molar-refractivity contribution is 5.54. The predicted octanol–water partition coefficient (Wildman–Crippen LogP) is 4.86. The summed E-state index contributed by atoms with van der Waals surface area (Å²) in [5.74, 6) is 2.23. The van der Waals surface area contributed by atoms with Crippen LogP contribution in [0.2, 0.25) is 0 Å². The molecule has 1 aromatic heterocycles. The van der Waals surface area contributed by atoms with Crippen LogP contribution in [0.4, 0.5) is 13.2 Å². The summed E-state index contributed by atoms with van der Waals surface area (Å²) in [7, 11) is 0. The van der Waals surface area contributed by atoms with E-state index in [-0.39, 0.29) is 11.9 Å². The lowest BCUT2D eigenvalue weighted by Gasteiger charge is -2.25. The fraction of sp³-hybridized carbons (Fsp3) is 0.364. The van der Waals surface area contributed by atoms with Crippen molar-refractivity contribution >= 4 is 0 Å². The topological polar surface area (TPSA) is 60.6 Å². The minimum Gasteiger partial charge on any atom is -0.486 e. The zero-order valence-corrected chi connectivity index (χ0v) is 16.6. The van der Waals surface area contributed by atoms with Crippen molar-refractivity contribution in [3.63, 3.8) is 0 Å². The molecule has 0 bridgehead atoms. The first-order chi connectivity index (χ1) is 15.0. The van der Waals surface area contributed by atoms with E-state index in [9.17, 15) is 13.2 Å². The molecular weight excluding hydrogens is 411 g/mol. The second kappa shape index (κ2) is 7.88. The normalized spacial score (nSPS) is 19.0. The zero-order chi connectivity index (χ0) is 21.4. The third kappa shape index (κ3) is 4.10. The molecule has 3 aromatic rings. The van der Waals surface area contributed by atoms with Crippen molar-refractivity contribution in [3.8, 4) is 22.9 Å².